The predicted octanol–water partition coefficient (Wildman–Crippen LogP) is 0.969. The molecule has 1 aliphatic rings. The third-order valence-electron chi connectivity index (χ3n) is 3.28. The van der Waals surface area contributed by atoms with Crippen LogP contribution in [-0.4, -0.2) is 55.7 Å². The third kappa shape index (κ3) is 6.23. The van der Waals surface area contributed by atoms with Gasteiger partial charge in [-0.25, -0.2) is 4.79 Å². The number of nitrogens with one attached hydrogen (secondary N) is 2. The van der Waals surface area contributed by atoms with Gasteiger partial charge >= 0.3 is 6.09 Å². The van der Waals surface area contributed by atoms with E-state index in [4.69, 9.17) is 4.74 Å². The summed E-state index contributed by atoms with van der Waals surface area (Å²) in [5, 5.41) is 6.13. The van der Waals surface area contributed by atoms with Crippen LogP contribution in [0.5, 0.6) is 0 Å². The molecule has 0 aromatic carbocycles. The van der Waals surface area contributed by atoms with Gasteiger partial charge in [0.25, 0.3) is 0 Å². The van der Waals surface area contributed by atoms with Crippen molar-refractivity contribution in [1.82, 2.24) is 15.5 Å². The quantitative estimate of drug-likeness (QED) is 0.763. The summed E-state index contributed by atoms with van der Waals surface area (Å²) in [6.07, 6.45) is 1.48. The minimum absolute atomic E-state index is 0.0338. The number of ether oxygens (including phenoxy) is 1. The van der Waals surface area contributed by atoms with Crippen LogP contribution in [0.15, 0.2) is 0 Å². The van der Waals surface area contributed by atoms with Gasteiger partial charge in [0.1, 0.15) is 0 Å². The minimum Gasteiger partial charge on any atom is -0.450 e. The van der Waals surface area contributed by atoms with E-state index < -0.39 is 0 Å². The molecule has 0 aliphatic carbocycles. The van der Waals surface area contributed by atoms with Crippen LogP contribution < -0.4 is 10.6 Å². The molecule has 2 N–H and O–H groups in total. The van der Waals surface area contributed by atoms with E-state index in [-0.39, 0.29) is 12.0 Å². The number of rotatable bonds is 6. The topological polar surface area (TPSA) is 70.7 Å². The highest BCUT2D eigenvalue weighted by molar-refractivity contribution is 5.78. The molecular formula is C14H27N3O3. The van der Waals surface area contributed by atoms with Crippen LogP contribution >= 0.6 is 0 Å². The lowest BCUT2D eigenvalue weighted by Gasteiger charge is -2.31. The number of carbonyl (C=O) groups excluding carboxylic acids is 2. The largest absolute Gasteiger partial charge is 0.450 e. The standard InChI is InChI=1S/C14H27N3O3/c1-4-20-14(19)17-7-5-12(6-8-17)15-10-13(18)16-9-11(2)3/h11-12,15H,4-10H2,1-3H3,(H,16,18). The summed E-state index contributed by atoms with van der Waals surface area (Å²) in [6, 6.07) is 0.297. The van der Waals surface area contributed by atoms with Crippen LogP contribution in [0.2, 0.25) is 0 Å². The number of hydrogen-bond acceptors (Lipinski definition) is 4. The van der Waals surface area contributed by atoms with Crippen molar-refractivity contribution in [2.24, 2.45) is 5.92 Å². The zero-order valence-electron chi connectivity index (χ0n) is 12.8. The molecule has 20 heavy (non-hydrogen) atoms. The van der Waals surface area contributed by atoms with E-state index in [9.17, 15) is 9.59 Å². The van der Waals surface area contributed by atoms with E-state index in [1.807, 2.05) is 6.92 Å². The Balaban J connectivity index is 2.16. The summed E-state index contributed by atoms with van der Waals surface area (Å²) in [7, 11) is 0. The average molecular weight is 285 g/mol. The van der Waals surface area contributed by atoms with Crippen LogP contribution in [0.4, 0.5) is 4.79 Å². The van der Waals surface area contributed by atoms with Gasteiger partial charge in [-0.05, 0) is 25.7 Å². The van der Waals surface area contributed by atoms with E-state index in [2.05, 4.69) is 24.5 Å². The molecule has 0 aromatic heterocycles. The molecule has 1 rings (SSSR count). The van der Waals surface area contributed by atoms with E-state index in [0.29, 0.717) is 44.7 Å². The maximum absolute atomic E-state index is 11.6. The Morgan fingerprint density at radius 3 is 2.50 bits per heavy atom. The molecule has 6 nitrogen and oxygen atoms in total. The lowest BCUT2D eigenvalue weighted by Crippen LogP contribution is -2.47. The molecule has 0 saturated carbocycles. The monoisotopic (exact) mass is 285 g/mol. The van der Waals surface area contributed by atoms with Crippen molar-refractivity contribution in [2.75, 3.05) is 32.8 Å². The Hall–Kier alpha value is -1.30. The van der Waals surface area contributed by atoms with Crippen LogP contribution in [-0.2, 0) is 9.53 Å². The first kappa shape index (κ1) is 16.8. The van der Waals surface area contributed by atoms with E-state index in [0.717, 1.165) is 12.8 Å². The fraction of sp³-hybridized carbons (Fsp3) is 0.857. The fourth-order valence-corrected chi connectivity index (χ4v) is 2.10. The van der Waals surface area contributed by atoms with Crippen LogP contribution in [0.3, 0.4) is 0 Å². The zero-order chi connectivity index (χ0) is 15.0. The number of likely N-dealkylation sites (tertiary alicyclic amines) is 1. The Morgan fingerprint density at radius 1 is 1.30 bits per heavy atom. The van der Waals surface area contributed by atoms with Gasteiger partial charge in [0.05, 0.1) is 13.2 Å². The van der Waals surface area contributed by atoms with E-state index >= 15 is 0 Å². The summed E-state index contributed by atoms with van der Waals surface area (Å²) in [5.74, 6) is 0.498. The molecule has 2 amide bonds. The second-order valence-electron chi connectivity index (χ2n) is 5.54. The molecule has 0 unspecified atom stereocenters. The molecule has 0 atom stereocenters. The van der Waals surface area contributed by atoms with E-state index in [1.165, 1.54) is 0 Å². The zero-order valence-corrected chi connectivity index (χ0v) is 12.8. The van der Waals surface area contributed by atoms with Gasteiger partial charge in [0.15, 0.2) is 0 Å². The first-order valence-electron chi connectivity index (χ1n) is 7.44. The number of piperidine rings is 1. The summed E-state index contributed by atoms with van der Waals surface area (Å²) in [6.45, 7) is 8.78. The molecule has 1 saturated heterocycles. The molecule has 6 heteroatoms. The van der Waals surface area contributed by atoms with Gasteiger partial charge in [0.2, 0.25) is 5.91 Å². The minimum atomic E-state index is -0.236. The van der Waals surface area contributed by atoms with Gasteiger partial charge in [0, 0.05) is 25.7 Å². The van der Waals surface area contributed by atoms with Crippen molar-refractivity contribution >= 4 is 12.0 Å². The molecule has 0 spiro atoms. The highest BCUT2D eigenvalue weighted by atomic mass is 16.6. The fourth-order valence-electron chi connectivity index (χ4n) is 2.10. The molecule has 116 valence electrons. The van der Waals surface area contributed by atoms with Crippen molar-refractivity contribution in [3.63, 3.8) is 0 Å². The van der Waals surface area contributed by atoms with Crippen LogP contribution in [0.1, 0.15) is 33.6 Å². The molecule has 1 aliphatic heterocycles. The number of hydrogen-bond donors (Lipinski definition) is 2. The first-order chi connectivity index (χ1) is 9.52. The molecular weight excluding hydrogens is 258 g/mol. The van der Waals surface area contributed by atoms with Crippen molar-refractivity contribution in [1.29, 1.82) is 0 Å². The lowest BCUT2D eigenvalue weighted by atomic mass is 10.1. The van der Waals surface area contributed by atoms with Gasteiger partial charge in [-0.1, -0.05) is 13.8 Å². The Kier molecular flexibility index (Phi) is 7.36. The van der Waals surface area contributed by atoms with Crippen molar-refractivity contribution in [2.45, 2.75) is 39.7 Å². The lowest BCUT2D eigenvalue weighted by molar-refractivity contribution is -0.120. The van der Waals surface area contributed by atoms with Gasteiger partial charge < -0.3 is 20.3 Å². The summed E-state index contributed by atoms with van der Waals surface area (Å²) < 4.78 is 4.97. The van der Waals surface area contributed by atoms with Crippen LogP contribution in [0, 0.1) is 5.92 Å². The number of nitrogens with zero attached hydrogens (tertiary/aromatic N) is 1. The van der Waals surface area contributed by atoms with Crippen molar-refractivity contribution in [3.05, 3.63) is 0 Å². The van der Waals surface area contributed by atoms with Gasteiger partial charge in [-0.15, -0.1) is 0 Å². The highest BCUT2D eigenvalue weighted by Crippen LogP contribution is 2.11. The van der Waals surface area contributed by atoms with Gasteiger partial charge in [-0.2, -0.15) is 0 Å². The normalized spacial score (nSPS) is 16.3. The Bertz CT molecular complexity index is 313. The Labute approximate surface area is 121 Å². The maximum Gasteiger partial charge on any atom is 0.409 e. The summed E-state index contributed by atoms with van der Waals surface area (Å²) in [5.41, 5.74) is 0. The summed E-state index contributed by atoms with van der Waals surface area (Å²) >= 11 is 0. The Morgan fingerprint density at radius 2 is 1.95 bits per heavy atom. The maximum atomic E-state index is 11.6. The predicted molar refractivity (Wildman–Crippen MR) is 77.5 cm³/mol. The van der Waals surface area contributed by atoms with E-state index in [1.54, 1.807) is 4.90 Å². The number of carbonyl (C=O) groups is 2. The second-order valence-corrected chi connectivity index (χ2v) is 5.54. The molecule has 1 fully saturated rings. The van der Waals surface area contributed by atoms with Crippen LogP contribution in [0.25, 0.3) is 0 Å². The molecule has 1 heterocycles. The average Bonchev–Trinajstić information content (AvgIpc) is 2.43. The first-order valence-corrected chi connectivity index (χ1v) is 7.44. The molecule has 0 bridgehead atoms. The molecule has 0 aromatic rings. The smallest absolute Gasteiger partial charge is 0.409 e. The van der Waals surface area contributed by atoms with Gasteiger partial charge in [-0.3, -0.25) is 4.79 Å². The van der Waals surface area contributed by atoms with Crippen molar-refractivity contribution < 1.29 is 14.3 Å². The molecule has 0 radical (unpaired) electrons. The third-order valence-corrected chi connectivity index (χ3v) is 3.28. The number of amides is 2. The summed E-state index contributed by atoms with van der Waals surface area (Å²) in [4.78, 5) is 24.9. The SMILES string of the molecule is CCOC(=O)N1CCC(NCC(=O)NCC(C)C)CC1. The van der Waals surface area contributed by atoms with Crippen molar-refractivity contribution in [3.8, 4) is 0 Å². The second kappa shape index (κ2) is 8.79. The highest BCUT2D eigenvalue weighted by Gasteiger charge is 2.23.